The molecule has 1 fully saturated rings. The van der Waals surface area contributed by atoms with E-state index in [2.05, 4.69) is 35.3 Å². The van der Waals surface area contributed by atoms with Crippen LogP contribution in [0.4, 0.5) is 0 Å². The molecule has 0 aromatic heterocycles. The molecule has 1 saturated heterocycles. The molecule has 1 atom stereocenters. The molecule has 0 bridgehead atoms. The normalized spacial score (nSPS) is 21.7. The molecule has 3 heteroatoms. The summed E-state index contributed by atoms with van der Waals surface area (Å²) < 4.78 is 5.56. The van der Waals surface area contributed by atoms with Gasteiger partial charge in [0.25, 0.3) is 0 Å². The van der Waals surface area contributed by atoms with Gasteiger partial charge in [-0.25, -0.2) is 0 Å². The second kappa shape index (κ2) is 5.93. The van der Waals surface area contributed by atoms with Crippen LogP contribution in [0.1, 0.15) is 24.5 Å². The lowest BCUT2D eigenvalue weighted by atomic mass is 10.1. The summed E-state index contributed by atoms with van der Waals surface area (Å²) in [6, 6.07) is 7.45. The van der Waals surface area contributed by atoms with Crippen molar-refractivity contribution in [1.29, 1.82) is 0 Å². The van der Waals surface area contributed by atoms with Crippen LogP contribution in [0.2, 0.25) is 0 Å². The third-order valence-corrected chi connectivity index (χ3v) is 4.40. The maximum Gasteiger partial charge on any atom is 0.122 e. The minimum absolute atomic E-state index is 0.739. The zero-order valence-corrected chi connectivity index (χ0v) is 11.8. The molecule has 0 spiro atoms. The van der Waals surface area contributed by atoms with Crippen LogP contribution in [-0.4, -0.2) is 43.7 Å². The number of fused-ring (bicyclic) bond motifs is 1. The highest BCUT2D eigenvalue weighted by atomic mass is 16.5. The van der Waals surface area contributed by atoms with Crippen LogP contribution in [0.25, 0.3) is 0 Å². The quantitative estimate of drug-likeness (QED) is 0.874. The fourth-order valence-corrected chi connectivity index (χ4v) is 3.22. The van der Waals surface area contributed by atoms with Crippen LogP contribution < -0.4 is 10.1 Å². The van der Waals surface area contributed by atoms with Crippen LogP contribution >= 0.6 is 0 Å². The maximum atomic E-state index is 5.56. The number of hydrogen-bond donors (Lipinski definition) is 1. The standard InChI is InChI=1S/C16H24N2O/c1-2-18(15-5-8-17-12-15)9-6-13-3-4-16-14(11-13)7-10-19-16/h3-4,11,15,17H,2,5-10,12H2,1H3. The first-order chi connectivity index (χ1) is 9.36. The van der Waals surface area contributed by atoms with Crippen molar-refractivity contribution in [3.63, 3.8) is 0 Å². The van der Waals surface area contributed by atoms with E-state index < -0.39 is 0 Å². The number of ether oxygens (including phenoxy) is 1. The lowest BCUT2D eigenvalue weighted by molar-refractivity contribution is 0.222. The summed E-state index contributed by atoms with van der Waals surface area (Å²) in [5, 5.41) is 3.46. The third-order valence-electron chi connectivity index (χ3n) is 4.40. The highest BCUT2D eigenvalue weighted by molar-refractivity contribution is 5.39. The highest BCUT2D eigenvalue weighted by Crippen LogP contribution is 2.26. The average Bonchev–Trinajstić information content (AvgIpc) is 3.10. The summed E-state index contributed by atoms with van der Waals surface area (Å²) in [7, 11) is 0. The van der Waals surface area contributed by atoms with E-state index in [1.165, 1.54) is 30.6 Å². The van der Waals surface area contributed by atoms with Gasteiger partial charge in [0.15, 0.2) is 0 Å². The van der Waals surface area contributed by atoms with Gasteiger partial charge in [-0.15, -0.1) is 0 Å². The Balaban J connectivity index is 1.58. The Morgan fingerprint density at radius 3 is 3.16 bits per heavy atom. The van der Waals surface area contributed by atoms with Gasteiger partial charge >= 0.3 is 0 Å². The van der Waals surface area contributed by atoms with Crippen LogP contribution in [0.15, 0.2) is 18.2 Å². The topological polar surface area (TPSA) is 24.5 Å². The lowest BCUT2D eigenvalue weighted by Gasteiger charge is -2.26. The van der Waals surface area contributed by atoms with E-state index in [1.807, 2.05) is 0 Å². The van der Waals surface area contributed by atoms with Gasteiger partial charge in [-0.3, -0.25) is 4.90 Å². The molecule has 1 aromatic carbocycles. The minimum Gasteiger partial charge on any atom is -0.493 e. The van der Waals surface area contributed by atoms with Crippen LogP contribution in [0, 0.1) is 0 Å². The molecule has 3 nitrogen and oxygen atoms in total. The predicted molar refractivity (Wildman–Crippen MR) is 77.9 cm³/mol. The van der Waals surface area contributed by atoms with Gasteiger partial charge in [0.1, 0.15) is 5.75 Å². The van der Waals surface area contributed by atoms with Crippen molar-refractivity contribution in [3.05, 3.63) is 29.3 Å². The first-order valence-electron chi connectivity index (χ1n) is 7.56. The molecule has 2 aliphatic rings. The summed E-state index contributed by atoms with van der Waals surface area (Å²) in [4.78, 5) is 2.61. The molecular formula is C16H24N2O. The molecule has 0 saturated carbocycles. The van der Waals surface area contributed by atoms with E-state index in [-0.39, 0.29) is 0 Å². The van der Waals surface area contributed by atoms with E-state index in [9.17, 15) is 0 Å². The van der Waals surface area contributed by atoms with Crippen molar-refractivity contribution in [2.75, 3.05) is 32.8 Å². The summed E-state index contributed by atoms with van der Waals surface area (Å²) in [6.07, 6.45) is 3.52. The van der Waals surface area contributed by atoms with Gasteiger partial charge in [0.2, 0.25) is 0 Å². The second-order valence-corrected chi connectivity index (χ2v) is 5.57. The molecule has 0 radical (unpaired) electrons. The van der Waals surface area contributed by atoms with Crippen LogP contribution in [-0.2, 0) is 12.8 Å². The molecule has 104 valence electrons. The summed E-state index contributed by atoms with van der Waals surface area (Å²) >= 11 is 0. The van der Waals surface area contributed by atoms with Gasteiger partial charge in [-0.2, -0.15) is 0 Å². The number of rotatable bonds is 5. The molecular weight excluding hydrogens is 236 g/mol. The number of nitrogens with zero attached hydrogens (tertiary/aromatic N) is 1. The third kappa shape index (κ3) is 2.93. The fourth-order valence-electron chi connectivity index (χ4n) is 3.22. The van der Waals surface area contributed by atoms with Crippen molar-refractivity contribution in [3.8, 4) is 5.75 Å². The maximum absolute atomic E-state index is 5.56. The van der Waals surface area contributed by atoms with Gasteiger partial charge in [-0.1, -0.05) is 19.1 Å². The lowest BCUT2D eigenvalue weighted by Crippen LogP contribution is -2.38. The number of hydrogen-bond acceptors (Lipinski definition) is 3. The van der Waals surface area contributed by atoms with Gasteiger partial charge in [0, 0.05) is 25.6 Å². The molecule has 0 aliphatic carbocycles. The van der Waals surface area contributed by atoms with Gasteiger partial charge < -0.3 is 10.1 Å². The Morgan fingerprint density at radius 2 is 2.37 bits per heavy atom. The monoisotopic (exact) mass is 260 g/mol. The zero-order valence-electron chi connectivity index (χ0n) is 11.8. The molecule has 1 N–H and O–H groups in total. The Bertz CT molecular complexity index is 427. The summed E-state index contributed by atoms with van der Waals surface area (Å²) in [5.74, 6) is 1.09. The Labute approximate surface area is 115 Å². The van der Waals surface area contributed by atoms with E-state index in [4.69, 9.17) is 4.74 Å². The van der Waals surface area contributed by atoms with Crippen molar-refractivity contribution >= 4 is 0 Å². The van der Waals surface area contributed by atoms with Crippen molar-refractivity contribution in [2.24, 2.45) is 0 Å². The molecule has 2 heterocycles. The predicted octanol–water partition coefficient (Wildman–Crippen LogP) is 1.85. The molecule has 1 unspecified atom stereocenters. The van der Waals surface area contributed by atoms with Gasteiger partial charge in [0.05, 0.1) is 6.61 Å². The van der Waals surface area contributed by atoms with E-state index in [0.29, 0.717) is 0 Å². The van der Waals surface area contributed by atoms with Crippen molar-refractivity contribution in [2.45, 2.75) is 32.2 Å². The molecule has 19 heavy (non-hydrogen) atoms. The smallest absolute Gasteiger partial charge is 0.122 e. The van der Waals surface area contributed by atoms with Crippen molar-refractivity contribution in [1.82, 2.24) is 10.2 Å². The molecule has 0 amide bonds. The average molecular weight is 260 g/mol. The Hall–Kier alpha value is -1.06. The highest BCUT2D eigenvalue weighted by Gasteiger charge is 2.20. The van der Waals surface area contributed by atoms with Crippen LogP contribution in [0.3, 0.4) is 0 Å². The zero-order chi connectivity index (χ0) is 13.1. The number of likely N-dealkylation sites (N-methyl/N-ethyl adjacent to an activating group) is 1. The van der Waals surface area contributed by atoms with Crippen LogP contribution in [0.5, 0.6) is 5.75 Å². The number of nitrogens with one attached hydrogen (secondary N) is 1. The molecule has 2 aliphatic heterocycles. The van der Waals surface area contributed by atoms with Crippen molar-refractivity contribution < 1.29 is 4.74 Å². The van der Waals surface area contributed by atoms with E-state index in [0.717, 1.165) is 44.3 Å². The first kappa shape index (κ1) is 12.9. The fraction of sp³-hybridized carbons (Fsp3) is 0.625. The summed E-state index contributed by atoms with van der Waals surface area (Å²) in [6.45, 7) is 7.79. The first-order valence-corrected chi connectivity index (χ1v) is 7.56. The van der Waals surface area contributed by atoms with E-state index in [1.54, 1.807) is 0 Å². The largest absolute Gasteiger partial charge is 0.493 e. The SMILES string of the molecule is CCN(CCc1ccc2c(c1)CCO2)C1CCNC1. The second-order valence-electron chi connectivity index (χ2n) is 5.57. The number of benzene rings is 1. The molecule has 3 rings (SSSR count). The summed E-state index contributed by atoms with van der Waals surface area (Å²) in [5.41, 5.74) is 2.84. The minimum atomic E-state index is 0.739. The Kier molecular flexibility index (Phi) is 4.04. The molecule has 1 aromatic rings. The van der Waals surface area contributed by atoms with E-state index >= 15 is 0 Å². The Morgan fingerprint density at radius 1 is 1.42 bits per heavy atom. The van der Waals surface area contributed by atoms with Gasteiger partial charge in [-0.05, 0) is 43.1 Å².